The Labute approximate surface area is 128 Å². The van der Waals surface area contributed by atoms with Gasteiger partial charge in [0.1, 0.15) is 0 Å². The van der Waals surface area contributed by atoms with Gasteiger partial charge in [-0.1, -0.05) is 30.0 Å². The van der Waals surface area contributed by atoms with Gasteiger partial charge in [0.25, 0.3) is 0 Å². The van der Waals surface area contributed by atoms with Gasteiger partial charge in [0.05, 0.1) is 10.2 Å². The van der Waals surface area contributed by atoms with Crippen molar-refractivity contribution in [2.24, 2.45) is 5.73 Å². The lowest BCUT2D eigenvalue weighted by molar-refractivity contribution is 1.06. The fourth-order valence-corrected chi connectivity index (χ4v) is 4.44. The third-order valence-electron chi connectivity index (χ3n) is 2.70. The molecule has 2 aromatic carbocycles. The molecule has 0 aliphatic heterocycles. The maximum absolute atomic E-state index is 5.63. The van der Waals surface area contributed by atoms with Crippen molar-refractivity contribution in [3.63, 3.8) is 0 Å². The second-order valence-corrected chi connectivity index (χ2v) is 7.19. The summed E-state index contributed by atoms with van der Waals surface area (Å²) in [7, 11) is 0. The predicted molar refractivity (Wildman–Crippen MR) is 85.8 cm³/mol. The number of halogens is 1. The maximum Gasteiger partial charge on any atom is 0.155 e. The van der Waals surface area contributed by atoms with E-state index in [-0.39, 0.29) is 0 Å². The van der Waals surface area contributed by atoms with Crippen molar-refractivity contribution in [2.75, 3.05) is 0 Å². The van der Waals surface area contributed by atoms with Crippen molar-refractivity contribution < 1.29 is 0 Å². The third-order valence-corrected chi connectivity index (χ3v) is 5.79. The number of thiazole rings is 1. The summed E-state index contributed by atoms with van der Waals surface area (Å²) in [6.07, 6.45) is 0. The number of nitrogens with two attached hydrogens (primary N) is 1. The minimum atomic E-state index is 0.560. The van der Waals surface area contributed by atoms with E-state index in [0.29, 0.717) is 6.54 Å². The van der Waals surface area contributed by atoms with Gasteiger partial charge in [0.2, 0.25) is 0 Å². The molecule has 0 aliphatic carbocycles. The van der Waals surface area contributed by atoms with Crippen molar-refractivity contribution in [3.05, 3.63) is 52.5 Å². The molecule has 0 fully saturated rings. The van der Waals surface area contributed by atoms with Crippen molar-refractivity contribution in [1.29, 1.82) is 0 Å². The van der Waals surface area contributed by atoms with E-state index in [0.717, 1.165) is 24.8 Å². The summed E-state index contributed by atoms with van der Waals surface area (Å²) in [5.41, 5.74) is 7.82. The minimum Gasteiger partial charge on any atom is -0.326 e. The number of benzene rings is 2. The summed E-state index contributed by atoms with van der Waals surface area (Å²) in [5, 5.41) is 0. The summed E-state index contributed by atoms with van der Waals surface area (Å²) in [6, 6.07) is 14.4. The quantitative estimate of drug-likeness (QED) is 0.745. The Balaban J connectivity index is 1.92. The zero-order valence-corrected chi connectivity index (χ0v) is 13.2. The van der Waals surface area contributed by atoms with Gasteiger partial charge in [-0.15, -0.1) is 11.3 Å². The highest BCUT2D eigenvalue weighted by Crippen LogP contribution is 2.37. The number of fused-ring (bicyclic) bond motifs is 1. The Bertz CT molecular complexity index is 691. The molecule has 3 aromatic rings. The van der Waals surface area contributed by atoms with Crippen LogP contribution in [-0.4, -0.2) is 4.98 Å². The Morgan fingerprint density at radius 1 is 1.21 bits per heavy atom. The SMILES string of the molecule is NCc1ccc(Sc2nc3ccccc3s2)c(Br)c1. The molecular weight excluding hydrogens is 340 g/mol. The van der Waals surface area contributed by atoms with Crippen LogP contribution in [0, 0.1) is 0 Å². The second-order valence-electron chi connectivity index (χ2n) is 4.02. The van der Waals surface area contributed by atoms with Crippen LogP contribution in [0.1, 0.15) is 5.56 Å². The number of para-hydroxylation sites is 1. The molecule has 0 saturated heterocycles. The van der Waals surface area contributed by atoms with Gasteiger partial charge in [-0.25, -0.2) is 4.98 Å². The first kappa shape index (κ1) is 13.1. The monoisotopic (exact) mass is 350 g/mol. The fourth-order valence-electron chi connectivity index (χ4n) is 1.74. The first-order valence-corrected chi connectivity index (χ1v) is 8.21. The van der Waals surface area contributed by atoms with Gasteiger partial charge < -0.3 is 5.73 Å². The van der Waals surface area contributed by atoms with Crippen molar-refractivity contribution in [3.8, 4) is 0 Å². The summed E-state index contributed by atoms with van der Waals surface area (Å²) in [5.74, 6) is 0. The molecule has 1 heterocycles. The van der Waals surface area contributed by atoms with Gasteiger partial charge in [0.15, 0.2) is 4.34 Å². The first-order chi connectivity index (χ1) is 9.26. The van der Waals surface area contributed by atoms with Crippen LogP contribution in [0.3, 0.4) is 0 Å². The molecule has 0 amide bonds. The summed E-state index contributed by atoms with van der Waals surface area (Å²) < 4.78 is 3.35. The minimum absolute atomic E-state index is 0.560. The molecule has 19 heavy (non-hydrogen) atoms. The molecule has 2 N–H and O–H groups in total. The topological polar surface area (TPSA) is 38.9 Å². The number of hydrogen-bond acceptors (Lipinski definition) is 4. The van der Waals surface area contributed by atoms with E-state index in [1.165, 1.54) is 4.70 Å². The zero-order chi connectivity index (χ0) is 13.2. The van der Waals surface area contributed by atoms with Crippen LogP contribution in [-0.2, 0) is 6.54 Å². The molecule has 5 heteroatoms. The Kier molecular flexibility index (Phi) is 3.88. The van der Waals surface area contributed by atoms with E-state index in [1.807, 2.05) is 18.2 Å². The van der Waals surface area contributed by atoms with Crippen molar-refractivity contribution >= 4 is 49.2 Å². The summed E-state index contributed by atoms with van der Waals surface area (Å²) in [4.78, 5) is 5.79. The van der Waals surface area contributed by atoms with E-state index in [9.17, 15) is 0 Å². The molecule has 96 valence electrons. The number of nitrogens with zero attached hydrogens (tertiary/aromatic N) is 1. The Hall–Kier alpha value is -0.880. The molecule has 0 spiro atoms. The fraction of sp³-hybridized carbons (Fsp3) is 0.0714. The maximum atomic E-state index is 5.63. The smallest absolute Gasteiger partial charge is 0.155 e. The lowest BCUT2D eigenvalue weighted by Crippen LogP contribution is -1.95. The molecule has 0 atom stereocenters. The van der Waals surface area contributed by atoms with E-state index in [2.05, 4.69) is 45.2 Å². The van der Waals surface area contributed by atoms with Gasteiger partial charge in [-0.05, 0) is 45.8 Å². The molecule has 0 aliphatic rings. The third kappa shape index (κ3) is 2.84. The van der Waals surface area contributed by atoms with Crippen molar-refractivity contribution in [1.82, 2.24) is 4.98 Å². The normalized spacial score (nSPS) is 11.1. The van der Waals surface area contributed by atoms with Gasteiger partial charge >= 0.3 is 0 Å². The van der Waals surface area contributed by atoms with E-state index < -0.39 is 0 Å². The van der Waals surface area contributed by atoms with Gasteiger partial charge in [-0.3, -0.25) is 0 Å². The average molecular weight is 351 g/mol. The van der Waals surface area contributed by atoms with Gasteiger partial charge in [0, 0.05) is 15.9 Å². The molecule has 0 unspecified atom stereocenters. The van der Waals surface area contributed by atoms with Crippen LogP contribution in [0.2, 0.25) is 0 Å². The molecule has 0 saturated carbocycles. The van der Waals surface area contributed by atoms with Gasteiger partial charge in [-0.2, -0.15) is 0 Å². The average Bonchev–Trinajstić information content (AvgIpc) is 2.83. The number of aromatic nitrogens is 1. The lowest BCUT2D eigenvalue weighted by Gasteiger charge is -2.03. The van der Waals surface area contributed by atoms with Crippen LogP contribution in [0.4, 0.5) is 0 Å². The van der Waals surface area contributed by atoms with Crippen molar-refractivity contribution in [2.45, 2.75) is 15.8 Å². The summed E-state index contributed by atoms with van der Waals surface area (Å²) >= 11 is 6.99. The Morgan fingerprint density at radius 2 is 2.05 bits per heavy atom. The number of rotatable bonds is 3. The van der Waals surface area contributed by atoms with Crippen LogP contribution in [0.5, 0.6) is 0 Å². The van der Waals surface area contributed by atoms with Crippen LogP contribution < -0.4 is 5.73 Å². The first-order valence-electron chi connectivity index (χ1n) is 5.78. The number of hydrogen-bond donors (Lipinski definition) is 1. The summed E-state index contributed by atoms with van der Waals surface area (Å²) in [6.45, 7) is 0.560. The Morgan fingerprint density at radius 3 is 2.79 bits per heavy atom. The van der Waals surface area contributed by atoms with E-state index >= 15 is 0 Å². The molecule has 0 bridgehead atoms. The highest BCUT2D eigenvalue weighted by Gasteiger charge is 2.08. The van der Waals surface area contributed by atoms with Crippen LogP contribution >= 0.6 is 39.0 Å². The molecule has 0 radical (unpaired) electrons. The predicted octanol–water partition coefficient (Wildman–Crippen LogP) is 4.67. The largest absolute Gasteiger partial charge is 0.326 e. The highest BCUT2D eigenvalue weighted by atomic mass is 79.9. The van der Waals surface area contributed by atoms with Crippen LogP contribution in [0.25, 0.3) is 10.2 Å². The lowest BCUT2D eigenvalue weighted by atomic mass is 10.2. The van der Waals surface area contributed by atoms with E-state index in [1.54, 1.807) is 23.1 Å². The van der Waals surface area contributed by atoms with Crippen LogP contribution in [0.15, 0.2) is 56.2 Å². The highest BCUT2D eigenvalue weighted by molar-refractivity contribution is 9.10. The molecular formula is C14H11BrN2S2. The molecule has 2 nitrogen and oxygen atoms in total. The molecule has 1 aromatic heterocycles. The zero-order valence-electron chi connectivity index (χ0n) is 9.97. The standard InChI is InChI=1S/C14H11BrN2S2/c15-10-7-9(8-16)5-6-12(10)18-14-17-11-3-1-2-4-13(11)19-14/h1-7H,8,16H2. The second kappa shape index (κ2) is 5.63. The molecule has 3 rings (SSSR count). The van der Waals surface area contributed by atoms with E-state index in [4.69, 9.17) is 5.73 Å².